The Hall–Kier alpha value is -10.6. The van der Waals surface area contributed by atoms with E-state index in [9.17, 15) is 0 Å². The highest BCUT2D eigenvalue weighted by atomic mass is 19.1. The zero-order valence-electron chi connectivity index (χ0n) is 48.9. The van der Waals surface area contributed by atoms with Crippen molar-refractivity contribution < 1.29 is 13.2 Å². The van der Waals surface area contributed by atoms with Crippen molar-refractivity contribution in [2.75, 3.05) is 9.80 Å². The summed E-state index contributed by atoms with van der Waals surface area (Å²) in [5.41, 5.74) is 25.4. The Balaban J connectivity index is 0.960. The summed E-state index contributed by atoms with van der Waals surface area (Å²) in [5.74, 6) is -0.667. The zero-order valence-corrected chi connectivity index (χ0v) is 48.9. The minimum atomic E-state index is -0.717. The van der Waals surface area contributed by atoms with Gasteiger partial charge in [-0.3, -0.25) is 0 Å². The lowest BCUT2D eigenvalue weighted by atomic mass is 9.66. The van der Waals surface area contributed by atoms with E-state index in [1.807, 2.05) is 36.4 Å². The number of rotatable bonds is 12. The van der Waals surface area contributed by atoms with Crippen molar-refractivity contribution >= 4 is 68.2 Å². The minimum Gasteiger partial charge on any atom is -0.452 e. The van der Waals surface area contributed by atoms with Gasteiger partial charge in [-0.1, -0.05) is 206 Å². The van der Waals surface area contributed by atoms with Gasteiger partial charge in [0.05, 0.1) is 22.2 Å². The molecule has 13 aromatic rings. The van der Waals surface area contributed by atoms with Crippen molar-refractivity contribution in [2.24, 2.45) is 0 Å². The molecule has 0 N–H and O–H groups in total. The maximum atomic E-state index is 15.3. The van der Waals surface area contributed by atoms with Crippen LogP contribution in [-0.4, -0.2) is 0 Å². The molecule has 0 aliphatic heterocycles. The molecule has 0 fully saturated rings. The lowest BCUT2D eigenvalue weighted by Gasteiger charge is -2.36. The number of benzene rings is 12. The minimum absolute atomic E-state index is 0.334. The van der Waals surface area contributed by atoms with Crippen LogP contribution in [0.5, 0.6) is 0 Å². The molecule has 5 heteroatoms. The van der Waals surface area contributed by atoms with Gasteiger partial charge < -0.3 is 14.2 Å². The lowest BCUT2D eigenvalue weighted by Crippen LogP contribution is -2.30. The SMILES string of the molecule is C=Cc1ccc(C2(c3cc(C)ccc3C)c3ccccc3-c3ccc(N(c4ccc(F)cc4)c4cccc5c4oc4c(N(c6ccc(F)cc6)c6ccc7c(c6)C(c6ccc(C=C)cc6)(c6cc(C)ccc6C)c6ccccc6-7)cccc45)cc32)cc1. The number of anilines is 6. The van der Waals surface area contributed by atoms with Gasteiger partial charge in [0.15, 0.2) is 11.2 Å². The van der Waals surface area contributed by atoms with Gasteiger partial charge in [-0.05, 0) is 202 Å². The number of hydrogen-bond acceptors (Lipinski definition) is 3. The van der Waals surface area contributed by atoms with Crippen molar-refractivity contribution in [3.63, 3.8) is 0 Å². The second-order valence-corrected chi connectivity index (χ2v) is 23.4. The number of nitrogens with zero attached hydrogens (tertiary/aromatic N) is 2. The molecule has 2 aliphatic carbocycles. The molecule has 1 heterocycles. The van der Waals surface area contributed by atoms with Crippen molar-refractivity contribution in [2.45, 2.75) is 38.5 Å². The third kappa shape index (κ3) is 8.13. The number of fused-ring (bicyclic) bond motifs is 9. The smallest absolute Gasteiger partial charge is 0.159 e. The van der Waals surface area contributed by atoms with E-state index >= 15 is 8.78 Å². The van der Waals surface area contributed by atoms with Crippen molar-refractivity contribution in [3.05, 3.63) is 357 Å². The summed E-state index contributed by atoms with van der Waals surface area (Å²) < 4.78 is 38.0. The zero-order chi connectivity index (χ0) is 59.3. The van der Waals surface area contributed by atoms with Gasteiger partial charge in [-0.25, -0.2) is 8.78 Å². The summed E-state index contributed by atoms with van der Waals surface area (Å²) >= 11 is 0. The Bertz CT molecular complexity index is 4610. The molecule has 3 nitrogen and oxygen atoms in total. The highest BCUT2D eigenvalue weighted by Crippen LogP contribution is 2.61. The van der Waals surface area contributed by atoms with E-state index in [4.69, 9.17) is 4.42 Å². The molecule has 15 rings (SSSR count). The Morgan fingerprint density at radius 2 is 0.724 bits per heavy atom. The molecule has 0 saturated heterocycles. The third-order valence-electron chi connectivity index (χ3n) is 18.5. The quantitative estimate of drug-likeness (QED) is 0.122. The topological polar surface area (TPSA) is 19.6 Å². The van der Waals surface area contributed by atoms with E-state index in [0.717, 1.165) is 89.4 Å². The van der Waals surface area contributed by atoms with Gasteiger partial charge in [0.1, 0.15) is 11.6 Å². The molecule has 0 amide bonds. The fourth-order valence-electron chi connectivity index (χ4n) is 14.5. The first-order chi connectivity index (χ1) is 42.5. The maximum absolute atomic E-state index is 15.3. The van der Waals surface area contributed by atoms with Gasteiger partial charge in [-0.2, -0.15) is 0 Å². The maximum Gasteiger partial charge on any atom is 0.159 e. The average molecular weight is 1130 g/mol. The number of halogens is 2. The van der Waals surface area contributed by atoms with E-state index in [1.165, 1.54) is 79.9 Å². The molecule has 0 saturated carbocycles. The predicted molar refractivity (Wildman–Crippen MR) is 357 cm³/mol. The summed E-state index contributed by atoms with van der Waals surface area (Å²) in [5, 5.41) is 1.80. The molecule has 0 bridgehead atoms. The molecular weight excluding hydrogens is 1070 g/mol. The normalized spacial score (nSPS) is 15.4. The fraction of sp³-hybridized carbons (Fsp3) is 0.0732. The molecule has 12 aromatic carbocycles. The van der Waals surface area contributed by atoms with Crippen LogP contribution >= 0.6 is 0 Å². The Labute approximate surface area is 506 Å². The molecule has 2 atom stereocenters. The molecule has 2 aliphatic rings. The summed E-state index contributed by atoms with van der Waals surface area (Å²) in [4.78, 5) is 4.40. The summed E-state index contributed by atoms with van der Waals surface area (Å²) in [6.07, 6.45) is 3.78. The van der Waals surface area contributed by atoms with Gasteiger partial charge in [0, 0.05) is 33.5 Å². The average Bonchev–Trinajstić information content (AvgIpc) is 1.60. The fourth-order valence-corrected chi connectivity index (χ4v) is 14.5. The highest BCUT2D eigenvalue weighted by Gasteiger charge is 2.49. The first kappa shape index (κ1) is 53.1. The molecule has 0 radical (unpaired) electrons. The summed E-state index contributed by atoms with van der Waals surface area (Å²) in [7, 11) is 0. The van der Waals surface area contributed by atoms with Crippen LogP contribution in [0, 0.1) is 39.3 Å². The van der Waals surface area contributed by atoms with Crippen molar-refractivity contribution in [1.82, 2.24) is 0 Å². The Morgan fingerprint density at radius 3 is 1.13 bits per heavy atom. The van der Waals surface area contributed by atoms with Gasteiger partial charge in [0.25, 0.3) is 0 Å². The second kappa shape index (κ2) is 20.6. The van der Waals surface area contributed by atoms with E-state index in [0.29, 0.717) is 11.2 Å². The number of hydrogen-bond donors (Lipinski definition) is 0. The van der Waals surface area contributed by atoms with Gasteiger partial charge in [-0.15, -0.1) is 0 Å². The Kier molecular flexibility index (Phi) is 12.6. The Morgan fingerprint density at radius 1 is 0.345 bits per heavy atom. The monoisotopic (exact) mass is 1130 g/mol. The molecule has 1 aromatic heterocycles. The number of furan rings is 1. The number of para-hydroxylation sites is 2. The number of aryl methyl sites for hydroxylation is 4. The standard InChI is InChI=1S/C82H60F2N2O/c1-7-55-27-31-57(32-28-55)81(73-47-51(3)23-25-53(73)5)71-19-11-9-15-65(71)67-45-43-63(49-75(67)81)85(61-39-35-59(83)36-40-61)77-21-13-17-69-70-18-14-22-78(80(70)87-79(69)77)86(62-41-37-60(84)38-42-62)64-44-46-68-66-16-10-12-20-72(66)82(76(68)50-64,58-33-29-56(8-2)30-34-58)74-48-52(4)24-26-54(74)6/h7-50H,1-2H2,3-6H3. The molecule has 87 heavy (non-hydrogen) atoms. The van der Waals surface area contributed by atoms with Crippen LogP contribution in [0.1, 0.15) is 77.9 Å². The molecule has 418 valence electrons. The van der Waals surface area contributed by atoms with Crippen molar-refractivity contribution in [1.29, 1.82) is 0 Å². The van der Waals surface area contributed by atoms with Crippen LogP contribution in [0.4, 0.5) is 42.9 Å². The van der Waals surface area contributed by atoms with Crippen LogP contribution in [0.2, 0.25) is 0 Å². The van der Waals surface area contributed by atoms with E-state index in [1.54, 1.807) is 0 Å². The lowest BCUT2D eigenvalue weighted by molar-refractivity contribution is 0.627. The predicted octanol–water partition coefficient (Wildman–Crippen LogP) is 22.0. The highest BCUT2D eigenvalue weighted by molar-refractivity contribution is 6.14. The van der Waals surface area contributed by atoms with E-state index in [-0.39, 0.29) is 11.6 Å². The first-order valence-corrected chi connectivity index (χ1v) is 29.7. The van der Waals surface area contributed by atoms with E-state index in [2.05, 4.69) is 257 Å². The van der Waals surface area contributed by atoms with Crippen LogP contribution < -0.4 is 9.80 Å². The first-order valence-electron chi connectivity index (χ1n) is 29.7. The molecule has 0 spiro atoms. The van der Waals surface area contributed by atoms with Crippen molar-refractivity contribution in [3.8, 4) is 22.3 Å². The van der Waals surface area contributed by atoms with E-state index < -0.39 is 10.8 Å². The largest absolute Gasteiger partial charge is 0.452 e. The summed E-state index contributed by atoms with van der Waals surface area (Å²) in [6.45, 7) is 17.0. The van der Waals surface area contributed by atoms with Crippen LogP contribution in [0.3, 0.4) is 0 Å². The van der Waals surface area contributed by atoms with Crippen LogP contribution in [-0.2, 0) is 10.8 Å². The molecular formula is C82H60F2N2O. The third-order valence-corrected chi connectivity index (χ3v) is 18.5. The van der Waals surface area contributed by atoms with Gasteiger partial charge >= 0.3 is 0 Å². The van der Waals surface area contributed by atoms with Crippen LogP contribution in [0.25, 0.3) is 56.3 Å². The van der Waals surface area contributed by atoms with Crippen LogP contribution in [0.15, 0.2) is 272 Å². The second-order valence-electron chi connectivity index (χ2n) is 23.4. The molecule has 2 unspecified atom stereocenters. The summed E-state index contributed by atoms with van der Waals surface area (Å²) in [6, 6.07) is 88.3. The van der Waals surface area contributed by atoms with Gasteiger partial charge in [0.2, 0.25) is 0 Å².